The topological polar surface area (TPSA) is 62.5 Å². The maximum atomic E-state index is 11.1. The van der Waals surface area contributed by atoms with Crippen molar-refractivity contribution < 1.29 is 4.79 Å². The smallest absolute Gasteiger partial charge is 0.267 e. The molecule has 5 nitrogen and oxygen atoms in total. The molecule has 0 unspecified atom stereocenters. The van der Waals surface area contributed by atoms with Crippen LogP contribution in [0.15, 0.2) is 18.2 Å². The second-order valence-corrected chi connectivity index (χ2v) is 4.89. The lowest BCUT2D eigenvalue weighted by atomic mass is 10.0. The summed E-state index contributed by atoms with van der Waals surface area (Å²) in [5, 5.41) is 0. The highest BCUT2D eigenvalue weighted by Gasteiger charge is 2.21. The number of pyridine rings is 1. The summed E-state index contributed by atoms with van der Waals surface area (Å²) < 4.78 is 0. The molecule has 1 fully saturated rings. The van der Waals surface area contributed by atoms with E-state index in [0.717, 1.165) is 31.7 Å². The van der Waals surface area contributed by atoms with Crippen molar-refractivity contribution in [3.8, 4) is 0 Å². The van der Waals surface area contributed by atoms with E-state index >= 15 is 0 Å². The first-order valence-electron chi connectivity index (χ1n) is 6.26. The minimum atomic E-state index is -0.478. The Morgan fingerprint density at radius 1 is 1.42 bits per heavy atom. The SMILES string of the molecule is CN1CCC(N(C)c2cccc(C(N)=O)n2)CC1.Cl. The van der Waals surface area contributed by atoms with Crippen LogP contribution in [0.3, 0.4) is 0 Å². The average Bonchev–Trinajstić information content (AvgIpc) is 2.39. The molecule has 0 atom stereocenters. The van der Waals surface area contributed by atoms with Crippen molar-refractivity contribution in [1.29, 1.82) is 0 Å². The van der Waals surface area contributed by atoms with Crippen LogP contribution >= 0.6 is 12.4 Å². The molecule has 2 N–H and O–H groups in total. The van der Waals surface area contributed by atoms with Gasteiger partial charge < -0.3 is 15.5 Å². The highest BCUT2D eigenvalue weighted by Crippen LogP contribution is 2.20. The van der Waals surface area contributed by atoms with Crippen molar-refractivity contribution in [3.05, 3.63) is 23.9 Å². The van der Waals surface area contributed by atoms with E-state index in [9.17, 15) is 4.79 Å². The Hall–Kier alpha value is -1.33. The van der Waals surface area contributed by atoms with Crippen LogP contribution in [-0.4, -0.2) is 49.0 Å². The van der Waals surface area contributed by atoms with E-state index in [0.29, 0.717) is 11.7 Å². The standard InChI is InChI=1S/C13H20N4O.ClH/c1-16-8-6-10(7-9-16)17(2)12-5-3-4-11(15-12)13(14)18;/h3-5,10H,6-9H2,1-2H3,(H2,14,18);1H. The summed E-state index contributed by atoms with van der Waals surface area (Å²) in [7, 11) is 4.17. The van der Waals surface area contributed by atoms with E-state index < -0.39 is 5.91 Å². The summed E-state index contributed by atoms with van der Waals surface area (Å²) in [6, 6.07) is 5.88. The number of hydrogen-bond donors (Lipinski definition) is 1. The van der Waals surface area contributed by atoms with Gasteiger partial charge in [0.25, 0.3) is 5.91 Å². The van der Waals surface area contributed by atoms with Gasteiger partial charge in [-0.05, 0) is 45.1 Å². The Balaban J connectivity index is 0.00000180. The molecule has 1 saturated heterocycles. The Morgan fingerprint density at radius 2 is 2.05 bits per heavy atom. The van der Waals surface area contributed by atoms with Crippen LogP contribution in [0.5, 0.6) is 0 Å². The summed E-state index contributed by atoms with van der Waals surface area (Å²) in [6.45, 7) is 2.20. The number of aromatic nitrogens is 1. The van der Waals surface area contributed by atoms with Gasteiger partial charge in [0.15, 0.2) is 0 Å². The molecule has 1 aromatic heterocycles. The lowest BCUT2D eigenvalue weighted by molar-refractivity contribution is 0.0995. The summed E-state index contributed by atoms with van der Waals surface area (Å²) in [4.78, 5) is 19.9. The van der Waals surface area contributed by atoms with Crippen LogP contribution in [0.2, 0.25) is 0 Å². The Bertz CT molecular complexity index is 432. The van der Waals surface area contributed by atoms with E-state index in [-0.39, 0.29) is 12.4 Å². The van der Waals surface area contributed by atoms with Crippen LogP contribution in [0.1, 0.15) is 23.3 Å². The second kappa shape index (κ2) is 6.73. The largest absolute Gasteiger partial charge is 0.364 e. The van der Waals surface area contributed by atoms with Crippen molar-refractivity contribution in [2.75, 3.05) is 32.1 Å². The number of nitrogens with zero attached hydrogens (tertiary/aromatic N) is 3. The van der Waals surface area contributed by atoms with Gasteiger partial charge in [0.2, 0.25) is 0 Å². The number of carbonyl (C=O) groups is 1. The Morgan fingerprint density at radius 3 is 2.63 bits per heavy atom. The number of amides is 1. The normalized spacial score (nSPS) is 16.7. The summed E-state index contributed by atoms with van der Waals surface area (Å²) in [5.41, 5.74) is 5.58. The fourth-order valence-electron chi connectivity index (χ4n) is 2.33. The van der Waals surface area contributed by atoms with Gasteiger partial charge in [-0.25, -0.2) is 4.98 Å². The summed E-state index contributed by atoms with van der Waals surface area (Å²) >= 11 is 0. The number of carbonyl (C=O) groups excluding carboxylic acids is 1. The van der Waals surface area contributed by atoms with E-state index in [1.165, 1.54) is 0 Å². The first-order chi connectivity index (χ1) is 8.58. The van der Waals surface area contributed by atoms with Gasteiger partial charge in [-0.15, -0.1) is 12.4 Å². The zero-order valence-corrected chi connectivity index (χ0v) is 12.2. The van der Waals surface area contributed by atoms with Crippen molar-refractivity contribution in [1.82, 2.24) is 9.88 Å². The maximum absolute atomic E-state index is 11.1. The van der Waals surface area contributed by atoms with Crippen molar-refractivity contribution >= 4 is 24.1 Å². The lowest BCUT2D eigenvalue weighted by Crippen LogP contribution is -2.42. The molecule has 1 aromatic rings. The van der Waals surface area contributed by atoms with Crippen LogP contribution < -0.4 is 10.6 Å². The number of halogens is 1. The Labute approximate surface area is 120 Å². The van der Waals surface area contributed by atoms with Crippen molar-refractivity contribution in [3.63, 3.8) is 0 Å². The molecule has 19 heavy (non-hydrogen) atoms. The van der Waals surface area contributed by atoms with Gasteiger partial charge >= 0.3 is 0 Å². The van der Waals surface area contributed by atoms with Gasteiger partial charge in [0.1, 0.15) is 11.5 Å². The molecular formula is C13H21ClN4O. The highest BCUT2D eigenvalue weighted by atomic mass is 35.5. The summed E-state index contributed by atoms with van der Waals surface area (Å²) in [5.74, 6) is 0.342. The zero-order valence-electron chi connectivity index (χ0n) is 11.4. The second-order valence-electron chi connectivity index (χ2n) is 4.89. The molecule has 1 aliphatic heterocycles. The lowest BCUT2D eigenvalue weighted by Gasteiger charge is -2.35. The maximum Gasteiger partial charge on any atom is 0.267 e. The van der Waals surface area contributed by atoms with Gasteiger partial charge in [0.05, 0.1) is 0 Å². The molecule has 106 valence electrons. The molecule has 0 aliphatic carbocycles. The van der Waals surface area contributed by atoms with Crippen LogP contribution in [0.25, 0.3) is 0 Å². The molecule has 1 amide bonds. The Kier molecular flexibility index (Phi) is 5.57. The number of hydrogen-bond acceptors (Lipinski definition) is 4. The molecule has 2 heterocycles. The van der Waals surface area contributed by atoms with Crippen LogP contribution in [0, 0.1) is 0 Å². The first kappa shape index (κ1) is 15.7. The predicted molar refractivity (Wildman–Crippen MR) is 78.9 cm³/mol. The number of anilines is 1. The van der Waals surface area contributed by atoms with Crippen molar-refractivity contribution in [2.45, 2.75) is 18.9 Å². The molecule has 1 aliphatic rings. The molecule has 2 rings (SSSR count). The number of piperidine rings is 1. The van der Waals surface area contributed by atoms with Gasteiger partial charge in [-0.1, -0.05) is 6.07 Å². The van der Waals surface area contributed by atoms with Crippen LogP contribution in [-0.2, 0) is 0 Å². The third-order valence-electron chi connectivity index (χ3n) is 3.58. The fourth-order valence-corrected chi connectivity index (χ4v) is 2.33. The van der Waals surface area contributed by atoms with E-state index in [4.69, 9.17) is 5.73 Å². The van der Waals surface area contributed by atoms with E-state index in [2.05, 4.69) is 21.8 Å². The number of rotatable bonds is 3. The summed E-state index contributed by atoms with van der Waals surface area (Å²) in [6.07, 6.45) is 2.24. The minimum Gasteiger partial charge on any atom is -0.364 e. The number of likely N-dealkylation sites (tertiary alicyclic amines) is 1. The number of primary amides is 1. The fraction of sp³-hybridized carbons (Fsp3) is 0.538. The van der Waals surface area contributed by atoms with E-state index in [1.54, 1.807) is 6.07 Å². The van der Waals surface area contributed by atoms with Gasteiger partial charge in [-0.3, -0.25) is 4.79 Å². The molecular weight excluding hydrogens is 264 g/mol. The molecule has 0 radical (unpaired) electrons. The molecule has 0 bridgehead atoms. The molecule has 0 aromatic carbocycles. The molecule has 0 saturated carbocycles. The zero-order chi connectivity index (χ0) is 13.1. The third-order valence-corrected chi connectivity index (χ3v) is 3.58. The van der Waals surface area contributed by atoms with Gasteiger partial charge in [-0.2, -0.15) is 0 Å². The number of nitrogens with two attached hydrogens (primary N) is 1. The predicted octanol–water partition coefficient (Wildman–Crippen LogP) is 1.13. The van der Waals surface area contributed by atoms with Crippen molar-refractivity contribution in [2.24, 2.45) is 5.73 Å². The molecule has 6 heteroatoms. The third kappa shape index (κ3) is 3.81. The monoisotopic (exact) mass is 284 g/mol. The average molecular weight is 285 g/mol. The van der Waals surface area contributed by atoms with E-state index in [1.807, 2.05) is 19.2 Å². The van der Waals surface area contributed by atoms with Crippen LogP contribution in [0.4, 0.5) is 5.82 Å². The quantitative estimate of drug-likeness (QED) is 0.904. The molecule has 0 spiro atoms. The highest BCUT2D eigenvalue weighted by molar-refractivity contribution is 5.91. The van der Waals surface area contributed by atoms with Gasteiger partial charge in [0, 0.05) is 13.1 Å². The first-order valence-corrected chi connectivity index (χ1v) is 6.26. The minimum absolute atomic E-state index is 0.